The number of halogens is 1. The largest absolute Gasteiger partial charge is 0.393 e. The van der Waals surface area contributed by atoms with Gasteiger partial charge in [0.05, 0.1) is 12.2 Å². The van der Waals surface area contributed by atoms with Crippen LogP contribution in [0.5, 0.6) is 0 Å². The second kappa shape index (κ2) is 15.8. The van der Waals surface area contributed by atoms with Gasteiger partial charge < -0.3 is 25.4 Å². The molecule has 2 rings (SSSR count). The van der Waals surface area contributed by atoms with Gasteiger partial charge in [-0.3, -0.25) is 4.99 Å². The van der Waals surface area contributed by atoms with E-state index in [1.54, 1.807) is 0 Å². The summed E-state index contributed by atoms with van der Waals surface area (Å²) in [5, 5.41) is 16.3. The summed E-state index contributed by atoms with van der Waals surface area (Å²) < 4.78 is 5.96. The van der Waals surface area contributed by atoms with E-state index in [1.807, 2.05) is 0 Å². The van der Waals surface area contributed by atoms with E-state index in [0.717, 1.165) is 77.5 Å². The van der Waals surface area contributed by atoms with Gasteiger partial charge in [0.2, 0.25) is 0 Å². The quantitative estimate of drug-likeness (QED) is 0.188. The molecule has 2 fully saturated rings. The predicted octanol–water partition coefficient (Wildman–Crippen LogP) is 2.75. The lowest BCUT2D eigenvalue weighted by Crippen LogP contribution is -2.40. The Labute approximate surface area is 182 Å². The van der Waals surface area contributed by atoms with Crippen LogP contribution >= 0.6 is 24.0 Å². The van der Waals surface area contributed by atoms with Gasteiger partial charge in [0.1, 0.15) is 0 Å². The van der Waals surface area contributed by atoms with Crippen molar-refractivity contribution in [3.05, 3.63) is 0 Å². The number of aliphatic hydroxyl groups is 1. The van der Waals surface area contributed by atoms with Gasteiger partial charge in [-0.05, 0) is 52.0 Å². The zero-order valence-electron chi connectivity index (χ0n) is 17.1. The number of nitrogens with one attached hydrogen (secondary N) is 2. The molecule has 0 bridgehead atoms. The second-order valence-corrected chi connectivity index (χ2v) is 7.60. The molecule has 0 aromatic carbocycles. The van der Waals surface area contributed by atoms with Gasteiger partial charge in [0.25, 0.3) is 0 Å². The van der Waals surface area contributed by atoms with Crippen molar-refractivity contribution in [2.24, 2.45) is 4.99 Å². The highest BCUT2D eigenvalue weighted by atomic mass is 127. The van der Waals surface area contributed by atoms with Crippen molar-refractivity contribution in [3.63, 3.8) is 0 Å². The summed E-state index contributed by atoms with van der Waals surface area (Å²) in [6.45, 7) is 8.70. The van der Waals surface area contributed by atoms with Crippen molar-refractivity contribution in [1.29, 1.82) is 0 Å². The molecule has 1 aliphatic heterocycles. The average Bonchev–Trinajstić information content (AvgIpc) is 2.67. The Balaban J connectivity index is 0.00000364. The maximum atomic E-state index is 9.55. The number of aliphatic hydroxyl groups excluding tert-OH is 1. The molecule has 0 unspecified atom stereocenters. The van der Waals surface area contributed by atoms with Crippen LogP contribution in [0.15, 0.2) is 4.99 Å². The fourth-order valence-corrected chi connectivity index (χ4v) is 3.73. The zero-order chi connectivity index (χ0) is 18.5. The van der Waals surface area contributed by atoms with Crippen molar-refractivity contribution in [2.45, 2.75) is 76.9 Å². The Morgan fingerprint density at radius 2 is 1.81 bits per heavy atom. The Bertz CT molecular complexity index is 384. The predicted molar refractivity (Wildman–Crippen MR) is 123 cm³/mol. The minimum absolute atomic E-state index is 0. The SMILES string of the molecule is CCNC(=NCCCOC1CCCCC1)NCCCN1CCC(O)CC1.I. The van der Waals surface area contributed by atoms with E-state index in [0.29, 0.717) is 6.10 Å². The average molecular weight is 496 g/mol. The Morgan fingerprint density at radius 1 is 1.07 bits per heavy atom. The van der Waals surface area contributed by atoms with Crippen molar-refractivity contribution in [2.75, 3.05) is 45.9 Å². The summed E-state index contributed by atoms with van der Waals surface area (Å²) in [4.78, 5) is 7.10. The first-order chi connectivity index (χ1) is 12.8. The molecular formula is C20H41IN4O2. The third kappa shape index (κ3) is 11.5. The summed E-state index contributed by atoms with van der Waals surface area (Å²) in [5.74, 6) is 0.916. The summed E-state index contributed by atoms with van der Waals surface area (Å²) in [7, 11) is 0. The molecule has 0 amide bonds. The van der Waals surface area contributed by atoms with E-state index < -0.39 is 0 Å². The Morgan fingerprint density at radius 3 is 2.52 bits per heavy atom. The van der Waals surface area contributed by atoms with Crippen LogP contribution in [-0.2, 0) is 4.74 Å². The van der Waals surface area contributed by atoms with Crippen molar-refractivity contribution >= 4 is 29.9 Å². The lowest BCUT2D eigenvalue weighted by atomic mass is 9.98. The molecule has 3 N–H and O–H groups in total. The number of piperidine rings is 1. The van der Waals surface area contributed by atoms with Crippen LogP contribution in [0.2, 0.25) is 0 Å². The number of aliphatic imine (C=N–C) groups is 1. The molecule has 1 aliphatic carbocycles. The van der Waals surface area contributed by atoms with E-state index in [9.17, 15) is 5.11 Å². The highest BCUT2D eigenvalue weighted by Crippen LogP contribution is 2.20. The number of hydrogen-bond acceptors (Lipinski definition) is 4. The molecule has 0 spiro atoms. The molecular weight excluding hydrogens is 455 g/mol. The maximum Gasteiger partial charge on any atom is 0.191 e. The van der Waals surface area contributed by atoms with E-state index in [1.165, 1.54) is 32.1 Å². The van der Waals surface area contributed by atoms with Crippen LogP contribution in [-0.4, -0.2) is 74.0 Å². The van der Waals surface area contributed by atoms with E-state index in [2.05, 4.69) is 27.4 Å². The molecule has 1 saturated heterocycles. The molecule has 27 heavy (non-hydrogen) atoms. The fourth-order valence-electron chi connectivity index (χ4n) is 3.73. The fraction of sp³-hybridized carbons (Fsp3) is 0.950. The minimum atomic E-state index is -0.0843. The lowest BCUT2D eigenvalue weighted by Gasteiger charge is -2.29. The summed E-state index contributed by atoms with van der Waals surface area (Å²) in [6.07, 6.45) is 10.9. The number of likely N-dealkylation sites (tertiary alicyclic amines) is 1. The van der Waals surface area contributed by atoms with Crippen molar-refractivity contribution in [3.8, 4) is 0 Å². The molecule has 1 saturated carbocycles. The van der Waals surface area contributed by atoms with Crippen LogP contribution in [0.1, 0.15) is 64.7 Å². The molecule has 0 radical (unpaired) electrons. The monoisotopic (exact) mass is 496 g/mol. The van der Waals surface area contributed by atoms with Gasteiger partial charge in [0, 0.05) is 39.3 Å². The van der Waals surface area contributed by atoms with Crippen LogP contribution in [0.4, 0.5) is 0 Å². The minimum Gasteiger partial charge on any atom is -0.393 e. The van der Waals surface area contributed by atoms with Gasteiger partial charge in [0.15, 0.2) is 5.96 Å². The maximum absolute atomic E-state index is 9.55. The molecule has 1 heterocycles. The third-order valence-electron chi connectivity index (χ3n) is 5.32. The molecule has 0 aromatic heterocycles. The van der Waals surface area contributed by atoms with Gasteiger partial charge in [-0.15, -0.1) is 24.0 Å². The molecule has 7 heteroatoms. The van der Waals surface area contributed by atoms with Gasteiger partial charge in [-0.2, -0.15) is 0 Å². The Kier molecular flexibility index (Phi) is 14.5. The van der Waals surface area contributed by atoms with Gasteiger partial charge >= 0.3 is 0 Å². The standard InChI is InChI=1S/C20H40N4O2.HI/c1-2-21-20(22-12-6-14-24-15-10-18(25)11-16-24)23-13-7-17-26-19-8-4-3-5-9-19;/h18-19,25H,2-17H2,1H3,(H2,21,22,23);1H. The van der Waals surface area contributed by atoms with Crippen LogP contribution < -0.4 is 10.6 Å². The third-order valence-corrected chi connectivity index (χ3v) is 5.32. The smallest absolute Gasteiger partial charge is 0.191 e. The topological polar surface area (TPSA) is 69.1 Å². The lowest BCUT2D eigenvalue weighted by molar-refractivity contribution is 0.0281. The van der Waals surface area contributed by atoms with Crippen molar-refractivity contribution < 1.29 is 9.84 Å². The van der Waals surface area contributed by atoms with E-state index in [-0.39, 0.29) is 30.1 Å². The van der Waals surface area contributed by atoms with Crippen LogP contribution in [0.25, 0.3) is 0 Å². The molecule has 160 valence electrons. The van der Waals surface area contributed by atoms with Crippen molar-refractivity contribution in [1.82, 2.24) is 15.5 Å². The first-order valence-electron chi connectivity index (χ1n) is 10.8. The normalized spacial score (nSPS) is 20.3. The molecule has 2 aliphatic rings. The van der Waals surface area contributed by atoms with Crippen LogP contribution in [0.3, 0.4) is 0 Å². The highest BCUT2D eigenvalue weighted by Gasteiger charge is 2.16. The van der Waals surface area contributed by atoms with Gasteiger partial charge in [-0.25, -0.2) is 0 Å². The first-order valence-corrected chi connectivity index (χ1v) is 10.8. The number of nitrogens with zero attached hydrogens (tertiary/aromatic N) is 2. The molecule has 0 atom stereocenters. The summed E-state index contributed by atoms with van der Waals surface area (Å²) >= 11 is 0. The van der Waals surface area contributed by atoms with Gasteiger partial charge in [-0.1, -0.05) is 19.3 Å². The molecule has 0 aromatic rings. The zero-order valence-corrected chi connectivity index (χ0v) is 19.5. The number of guanidine groups is 1. The van der Waals surface area contributed by atoms with E-state index in [4.69, 9.17) is 4.74 Å². The van der Waals surface area contributed by atoms with Crippen LogP contribution in [0, 0.1) is 0 Å². The number of hydrogen-bond donors (Lipinski definition) is 3. The number of ether oxygens (including phenoxy) is 1. The second-order valence-electron chi connectivity index (χ2n) is 7.60. The summed E-state index contributed by atoms with van der Waals surface area (Å²) in [5.41, 5.74) is 0. The number of rotatable bonds is 10. The first kappa shape index (κ1) is 24.9. The highest BCUT2D eigenvalue weighted by molar-refractivity contribution is 14.0. The summed E-state index contributed by atoms with van der Waals surface area (Å²) in [6, 6.07) is 0. The Hall–Kier alpha value is -0.120. The molecule has 6 nitrogen and oxygen atoms in total. The van der Waals surface area contributed by atoms with E-state index >= 15 is 0 Å².